The van der Waals surface area contributed by atoms with Crippen molar-refractivity contribution >= 4 is 5.97 Å². The van der Waals surface area contributed by atoms with Crippen LogP contribution in [0, 0.1) is 0 Å². The van der Waals surface area contributed by atoms with Crippen LogP contribution in [0.5, 0.6) is 11.5 Å². The molecule has 2 fully saturated rings. The van der Waals surface area contributed by atoms with E-state index >= 15 is 0 Å². The summed E-state index contributed by atoms with van der Waals surface area (Å²) in [5.41, 5.74) is 0.734. The predicted molar refractivity (Wildman–Crippen MR) is 122 cm³/mol. The molecule has 3 unspecified atom stereocenters. The Labute approximate surface area is 195 Å². The van der Waals surface area contributed by atoms with Crippen molar-refractivity contribution in [2.24, 2.45) is 0 Å². The Hall–Kier alpha value is -1.87. The molecule has 1 aromatic carbocycles. The van der Waals surface area contributed by atoms with Gasteiger partial charge in [-0.3, -0.25) is 10.1 Å². The van der Waals surface area contributed by atoms with Crippen molar-refractivity contribution in [3.63, 3.8) is 0 Å². The quantitative estimate of drug-likeness (QED) is 0.569. The molecular weight excluding hydrogens is 424 g/mol. The zero-order valence-corrected chi connectivity index (χ0v) is 20.2. The number of likely N-dealkylation sites (N-methyl/N-ethyl adjacent to an activating group) is 1. The number of likely N-dealkylation sites (tertiary alicyclic amines) is 1. The number of carbonyl (C=O) groups excluding carboxylic acids is 1. The predicted octanol–water partition coefficient (Wildman–Crippen LogP) is 1.49. The Morgan fingerprint density at radius 1 is 1.36 bits per heavy atom. The second-order valence-corrected chi connectivity index (χ2v) is 11.1. The lowest BCUT2D eigenvalue weighted by Gasteiger charge is -2.65. The lowest BCUT2D eigenvalue weighted by atomic mass is 9.48. The molecule has 0 aromatic heterocycles. The Balaban J connectivity index is 1.56. The van der Waals surface area contributed by atoms with Crippen LogP contribution in [0.25, 0.3) is 0 Å². The van der Waals surface area contributed by atoms with Crippen molar-refractivity contribution in [2.45, 2.75) is 87.3 Å². The molecule has 8 heteroatoms. The molecule has 1 saturated carbocycles. The summed E-state index contributed by atoms with van der Waals surface area (Å²) in [7, 11) is 3.95. The summed E-state index contributed by atoms with van der Waals surface area (Å²) in [5.74, 6) is 0.216. The fourth-order valence-electron chi connectivity index (χ4n) is 7.14. The number of ether oxygens (including phenoxy) is 3. The number of rotatable bonds is 5. The molecule has 2 aliphatic heterocycles. The molecule has 4 aliphatic rings. The Bertz CT molecular complexity index is 961. The van der Waals surface area contributed by atoms with E-state index in [-0.39, 0.29) is 30.5 Å². The van der Waals surface area contributed by atoms with E-state index in [0.717, 1.165) is 31.4 Å². The fraction of sp³-hybridized carbons (Fsp3) is 0.720. The van der Waals surface area contributed by atoms with Gasteiger partial charge in [0.2, 0.25) is 0 Å². The minimum Gasteiger partial charge on any atom is -0.504 e. The number of aliphatic hydroxyl groups excluding tert-OH is 1. The minimum atomic E-state index is -0.855. The minimum absolute atomic E-state index is 0.143. The topological polar surface area (TPSA) is 100 Å². The van der Waals surface area contributed by atoms with E-state index in [1.54, 1.807) is 13.2 Å². The third-order valence-corrected chi connectivity index (χ3v) is 8.34. The SMILES string of the molecule is CO[C@@]12CCC(NC(CO)C(=O)OC(C)(C)C)[C@@H]3Oc4c(O)ccc5c4[C@@]31CCN(C)C2C5. The van der Waals surface area contributed by atoms with Gasteiger partial charge in [0.15, 0.2) is 11.5 Å². The number of aliphatic hydroxyl groups is 1. The van der Waals surface area contributed by atoms with Gasteiger partial charge in [-0.1, -0.05) is 6.07 Å². The molecule has 0 amide bonds. The van der Waals surface area contributed by atoms with Crippen LogP contribution in [0.1, 0.15) is 51.2 Å². The van der Waals surface area contributed by atoms with Gasteiger partial charge in [0, 0.05) is 24.8 Å². The van der Waals surface area contributed by atoms with Crippen LogP contribution in [-0.2, 0) is 26.1 Å². The van der Waals surface area contributed by atoms with Crippen LogP contribution in [0.15, 0.2) is 12.1 Å². The molecule has 8 nitrogen and oxygen atoms in total. The molecule has 33 heavy (non-hydrogen) atoms. The summed E-state index contributed by atoms with van der Waals surface area (Å²) < 4.78 is 18.5. The summed E-state index contributed by atoms with van der Waals surface area (Å²) in [6.45, 7) is 5.97. The Morgan fingerprint density at radius 3 is 2.79 bits per heavy atom. The average Bonchev–Trinajstić information content (AvgIpc) is 3.11. The summed E-state index contributed by atoms with van der Waals surface area (Å²) in [6, 6.07) is 2.87. The Morgan fingerprint density at radius 2 is 2.12 bits per heavy atom. The first kappa shape index (κ1) is 22.9. The highest BCUT2D eigenvalue weighted by Gasteiger charge is 2.73. The third kappa shape index (κ3) is 3.07. The molecule has 1 aromatic rings. The van der Waals surface area contributed by atoms with Gasteiger partial charge in [-0.15, -0.1) is 0 Å². The van der Waals surface area contributed by atoms with Gasteiger partial charge in [0.1, 0.15) is 17.7 Å². The number of methoxy groups -OCH3 is 1. The van der Waals surface area contributed by atoms with E-state index in [1.807, 2.05) is 26.8 Å². The number of benzene rings is 1. The summed E-state index contributed by atoms with van der Waals surface area (Å²) in [5, 5.41) is 24.1. The first-order chi connectivity index (χ1) is 15.6. The zero-order valence-electron chi connectivity index (χ0n) is 20.2. The van der Waals surface area contributed by atoms with Gasteiger partial charge in [-0.2, -0.15) is 0 Å². The van der Waals surface area contributed by atoms with Gasteiger partial charge in [0.25, 0.3) is 0 Å². The van der Waals surface area contributed by atoms with Gasteiger partial charge in [-0.05, 0) is 71.7 Å². The fourth-order valence-corrected chi connectivity index (χ4v) is 7.14. The molecule has 2 heterocycles. The van der Waals surface area contributed by atoms with E-state index in [9.17, 15) is 15.0 Å². The van der Waals surface area contributed by atoms with Gasteiger partial charge >= 0.3 is 5.97 Å². The highest BCUT2D eigenvalue weighted by Crippen LogP contribution is 2.66. The number of carbonyl (C=O) groups is 1. The van der Waals surface area contributed by atoms with Crippen molar-refractivity contribution in [3.05, 3.63) is 23.3 Å². The summed E-state index contributed by atoms with van der Waals surface area (Å²) in [6.07, 6.45) is 2.85. The number of hydrogen-bond donors (Lipinski definition) is 3. The van der Waals surface area contributed by atoms with E-state index in [0.29, 0.717) is 12.2 Å². The number of phenolic OH excluding ortho intramolecular Hbond substituents is 1. The molecule has 3 N–H and O–H groups in total. The Kier molecular flexibility index (Phi) is 5.25. The first-order valence-electron chi connectivity index (χ1n) is 11.9. The molecule has 5 rings (SSSR count). The highest BCUT2D eigenvalue weighted by molar-refractivity contribution is 5.76. The molecule has 6 atom stereocenters. The van der Waals surface area contributed by atoms with E-state index < -0.39 is 28.6 Å². The van der Waals surface area contributed by atoms with Crippen LogP contribution in [0.4, 0.5) is 0 Å². The maximum atomic E-state index is 12.8. The van der Waals surface area contributed by atoms with Gasteiger partial charge in [-0.25, -0.2) is 0 Å². The van der Waals surface area contributed by atoms with E-state index in [4.69, 9.17) is 14.2 Å². The number of aromatic hydroxyl groups is 1. The molecule has 2 aliphatic carbocycles. The van der Waals surface area contributed by atoms with Gasteiger partial charge < -0.3 is 29.3 Å². The highest BCUT2D eigenvalue weighted by atomic mass is 16.6. The molecule has 0 radical (unpaired) electrons. The van der Waals surface area contributed by atoms with Crippen molar-refractivity contribution in [2.75, 3.05) is 27.3 Å². The second kappa shape index (κ2) is 7.57. The van der Waals surface area contributed by atoms with Crippen LogP contribution in [0.3, 0.4) is 0 Å². The van der Waals surface area contributed by atoms with Crippen molar-refractivity contribution in [3.8, 4) is 11.5 Å². The summed E-state index contributed by atoms with van der Waals surface area (Å²) in [4.78, 5) is 15.2. The van der Waals surface area contributed by atoms with Crippen molar-refractivity contribution in [1.29, 1.82) is 0 Å². The van der Waals surface area contributed by atoms with Crippen molar-refractivity contribution < 1.29 is 29.2 Å². The number of nitrogens with zero attached hydrogens (tertiary/aromatic N) is 1. The normalized spacial score (nSPS) is 35.5. The van der Waals surface area contributed by atoms with Crippen molar-refractivity contribution in [1.82, 2.24) is 10.2 Å². The molecule has 1 saturated heterocycles. The first-order valence-corrected chi connectivity index (χ1v) is 11.9. The second-order valence-electron chi connectivity index (χ2n) is 11.1. The van der Waals surface area contributed by atoms with Gasteiger partial charge in [0.05, 0.1) is 17.6 Å². The molecular formula is C25H36N2O6. The number of esters is 1. The number of hydrogen-bond acceptors (Lipinski definition) is 8. The monoisotopic (exact) mass is 460 g/mol. The number of phenols is 1. The summed E-state index contributed by atoms with van der Waals surface area (Å²) >= 11 is 0. The lowest BCUT2D eigenvalue weighted by molar-refractivity contribution is -0.204. The zero-order chi connectivity index (χ0) is 23.8. The van der Waals surface area contributed by atoms with Crippen LogP contribution in [-0.4, -0.2) is 83.8 Å². The maximum absolute atomic E-state index is 12.8. The third-order valence-electron chi connectivity index (χ3n) is 8.34. The number of piperidine rings is 1. The largest absolute Gasteiger partial charge is 0.504 e. The lowest BCUT2D eigenvalue weighted by Crippen LogP contribution is -2.78. The van der Waals surface area contributed by atoms with E-state index in [2.05, 4.69) is 17.3 Å². The average molecular weight is 461 g/mol. The molecule has 1 spiro atoms. The van der Waals surface area contributed by atoms with Crippen LogP contribution >= 0.6 is 0 Å². The smallest absolute Gasteiger partial charge is 0.326 e. The van der Waals surface area contributed by atoms with Crippen LogP contribution < -0.4 is 10.1 Å². The number of nitrogens with one attached hydrogen (secondary N) is 1. The van der Waals surface area contributed by atoms with E-state index in [1.165, 1.54) is 5.56 Å². The van der Waals surface area contributed by atoms with Crippen LogP contribution in [0.2, 0.25) is 0 Å². The molecule has 182 valence electrons. The molecule has 2 bridgehead atoms. The maximum Gasteiger partial charge on any atom is 0.326 e. The standard InChI is InChI=1S/C25H36N2O6/c1-23(2,3)33-22(30)16(13-28)26-15-8-9-25(31-5)18-12-14-6-7-17(29)20-19(14)24(25,21(15)32-20)10-11-27(18)4/h6-7,15-16,18,21,26,28-29H,8-13H2,1-5H3/t15?,16?,18?,21-,24-,25+/m0/s1.